The van der Waals surface area contributed by atoms with Crippen molar-refractivity contribution in [2.24, 2.45) is 0 Å². The maximum absolute atomic E-state index is 13.4. The van der Waals surface area contributed by atoms with Crippen molar-refractivity contribution < 1.29 is 18.3 Å². The third-order valence-electron chi connectivity index (χ3n) is 3.47. The number of hydrogen-bond acceptors (Lipinski definition) is 2. The Balaban J connectivity index is 2.14. The Kier molecular flexibility index (Phi) is 4.40. The molecule has 0 N–H and O–H groups in total. The average molecular weight is 293 g/mol. The zero-order valence-corrected chi connectivity index (χ0v) is 12.2. The number of Topliss-reactive ketones (excluding diaryl/α,β-unsaturated/α-hetero) is 1. The van der Waals surface area contributed by atoms with Crippen molar-refractivity contribution in [3.8, 4) is 5.75 Å². The number of carbonyl (C=O) groups excluding carboxylic acids is 1. The quantitative estimate of drug-likeness (QED) is 0.788. The Morgan fingerprint density at radius 1 is 1.29 bits per heavy atom. The molecule has 1 aromatic carbocycles. The van der Waals surface area contributed by atoms with Crippen LogP contribution in [0.3, 0.4) is 0 Å². The average Bonchev–Trinajstić information content (AvgIpc) is 2.75. The van der Waals surface area contributed by atoms with Crippen LogP contribution in [-0.2, 0) is 6.54 Å². The summed E-state index contributed by atoms with van der Waals surface area (Å²) < 4.78 is 33.6. The molecule has 0 aliphatic rings. The van der Waals surface area contributed by atoms with Crippen LogP contribution in [0.1, 0.15) is 28.7 Å². The molecular weight excluding hydrogens is 276 g/mol. The normalized spacial score (nSPS) is 10.7. The smallest absolute Gasteiger partial charge is 0.202 e. The van der Waals surface area contributed by atoms with E-state index >= 15 is 0 Å². The van der Waals surface area contributed by atoms with Crippen molar-refractivity contribution in [2.75, 3.05) is 6.61 Å². The number of aryl methyl sites for hydroxylation is 1. The lowest BCUT2D eigenvalue weighted by atomic mass is 10.1. The molecule has 0 aliphatic heterocycles. The van der Waals surface area contributed by atoms with Crippen LogP contribution in [0, 0.1) is 25.5 Å². The number of rotatable bonds is 5. The van der Waals surface area contributed by atoms with Crippen LogP contribution in [-0.4, -0.2) is 17.0 Å². The first kappa shape index (κ1) is 15.2. The first-order valence-electron chi connectivity index (χ1n) is 6.72. The molecule has 0 saturated carbocycles. The predicted molar refractivity (Wildman–Crippen MR) is 75.8 cm³/mol. The fraction of sp³-hybridized carbons (Fsp3) is 0.312. The van der Waals surface area contributed by atoms with Gasteiger partial charge in [-0.05, 0) is 39.0 Å². The van der Waals surface area contributed by atoms with E-state index in [1.807, 2.05) is 25.3 Å². The second kappa shape index (κ2) is 6.08. The molecule has 0 unspecified atom stereocenters. The Morgan fingerprint density at radius 2 is 2.00 bits per heavy atom. The lowest BCUT2D eigenvalue weighted by Crippen LogP contribution is -2.13. The molecule has 0 aliphatic carbocycles. The summed E-state index contributed by atoms with van der Waals surface area (Å²) >= 11 is 0. The van der Waals surface area contributed by atoms with Gasteiger partial charge in [-0.15, -0.1) is 0 Å². The largest absolute Gasteiger partial charge is 0.482 e. The van der Waals surface area contributed by atoms with Gasteiger partial charge in [-0.25, -0.2) is 4.39 Å². The van der Waals surface area contributed by atoms with E-state index in [9.17, 15) is 13.6 Å². The highest BCUT2D eigenvalue weighted by Crippen LogP contribution is 2.20. The van der Waals surface area contributed by atoms with Crippen LogP contribution >= 0.6 is 0 Å². The van der Waals surface area contributed by atoms with Crippen LogP contribution in [0.15, 0.2) is 24.3 Å². The van der Waals surface area contributed by atoms with Gasteiger partial charge in [0.15, 0.2) is 18.2 Å². The molecule has 0 bridgehead atoms. The molecule has 2 aromatic rings. The molecule has 0 saturated heterocycles. The van der Waals surface area contributed by atoms with Gasteiger partial charge in [-0.3, -0.25) is 4.79 Å². The summed E-state index contributed by atoms with van der Waals surface area (Å²) in [5.41, 5.74) is 2.38. The van der Waals surface area contributed by atoms with Gasteiger partial charge in [0.25, 0.3) is 0 Å². The standard InChI is InChI=1S/C16H17F2NO2/c1-4-19-10(2)8-12(11(19)3)14(20)9-21-15-7-5-6-13(17)16(15)18/h5-8H,4,9H2,1-3H3. The number of hydrogen-bond donors (Lipinski definition) is 0. The first-order chi connectivity index (χ1) is 9.95. The Labute approximate surface area is 122 Å². The maximum atomic E-state index is 13.4. The van der Waals surface area contributed by atoms with Crippen molar-refractivity contribution in [1.82, 2.24) is 4.57 Å². The molecule has 0 atom stereocenters. The zero-order chi connectivity index (χ0) is 15.6. The van der Waals surface area contributed by atoms with Crippen LogP contribution in [0.25, 0.3) is 0 Å². The van der Waals surface area contributed by atoms with Gasteiger partial charge in [0.2, 0.25) is 11.6 Å². The minimum atomic E-state index is -1.08. The molecular formula is C16H17F2NO2. The number of ketones is 1. The van der Waals surface area contributed by atoms with Crippen molar-refractivity contribution >= 4 is 5.78 Å². The highest BCUT2D eigenvalue weighted by molar-refractivity contribution is 5.98. The molecule has 112 valence electrons. The summed E-state index contributed by atoms with van der Waals surface area (Å²) in [5.74, 6) is -2.59. The SMILES string of the molecule is CCn1c(C)cc(C(=O)COc2cccc(F)c2F)c1C. The second-order valence-corrected chi connectivity index (χ2v) is 4.79. The minimum Gasteiger partial charge on any atom is -0.482 e. The molecule has 3 nitrogen and oxygen atoms in total. The van der Waals surface area contributed by atoms with E-state index in [4.69, 9.17) is 4.74 Å². The third kappa shape index (κ3) is 2.96. The number of nitrogens with zero attached hydrogens (tertiary/aromatic N) is 1. The van der Waals surface area contributed by atoms with E-state index in [1.54, 1.807) is 6.07 Å². The van der Waals surface area contributed by atoms with Crippen LogP contribution < -0.4 is 4.74 Å². The number of ether oxygens (including phenoxy) is 1. The highest BCUT2D eigenvalue weighted by Gasteiger charge is 2.17. The van der Waals surface area contributed by atoms with Crippen LogP contribution in [0.4, 0.5) is 8.78 Å². The fourth-order valence-electron chi connectivity index (χ4n) is 2.39. The molecule has 1 heterocycles. The summed E-state index contributed by atoms with van der Waals surface area (Å²) in [6, 6.07) is 5.41. The monoisotopic (exact) mass is 293 g/mol. The van der Waals surface area contributed by atoms with Gasteiger partial charge in [0, 0.05) is 23.5 Å². The van der Waals surface area contributed by atoms with Crippen LogP contribution in [0.5, 0.6) is 5.75 Å². The summed E-state index contributed by atoms with van der Waals surface area (Å²) in [7, 11) is 0. The van der Waals surface area contributed by atoms with Gasteiger partial charge < -0.3 is 9.30 Å². The van der Waals surface area contributed by atoms with Crippen LogP contribution in [0.2, 0.25) is 0 Å². The van der Waals surface area contributed by atoms with E-state index in [-0.39, 0.29) is 18.1 Å². The fourth-order valence-corrected chi connectivity index (χ4v) is 2.39. The molecule has 2 rings (SSSR count). The number of aromatic nitrogens is 1. The lowest BCUT2D eigenvalue weighted by Gasteiger charge is -2.08. The second-order valence-electron chi connectivity index (χ2n) is 4.79. The summed E-state index contributed by atoms with van der Waals surface area (Å²) in [4.78, 5) is 12.2. The van der Waals surface area contributed by atoms with Crippen molar-refractivity contribution in [2.45, 2.75) is 27.3 Å². The van der Waals surface area contributed by atoms with Gasteiger partial charge in [-0.2, -0.15) is 4.39 Å². The Bertz CT molecular complexity index is 677. The van der Waals surface area contributed by atoms with E-state index in [0.717, 1.165) is 24.0 Å². The van der Waals surface area contributed by atoms with E-state index in [0.29, 0.717) is 5.56 Å². The summed E-state index contributed by atoms with van der Waals surface area (Å²) in [6.45, 7) is 6.21. The molecule has 0 radical (unpaired) electrons. The molecule has 1 aromatic heterocycles. The summed E-state index contributed by atoms with van der Waals surface area (Å²) in [6.07, 6.45) is 0. The van der Waals surface area contributed by atoms with Crippen molar-refractivity contribution in [1.29, 1.82) is 0 Å². The molecule has 5 heteroatoms. The predicted octanol–water partition coefficient (Wildman–Crippen LogP) is 3.66. The van der Waals surface area contributed by atoms with E-state index < -0.39 is 11.6 Å². The van der Waals surface area contributed by atoms with Gasteiger partial charge in [0.05, 0.1) is 0 Å². The van der Waals surface area contributed by atoms with Crippen molar-refractivity contribution in [3.63, 3.8) is 0 Å². The number of halogens is 2. The number of carbonyl (C=O) groups is 1. The Morgan fingerprint density at radius 3 is 2.62 bits per heavy atom. The van der Waals surface area contributed by atoms with E-state index in [2.05, 4.69) is 0 Å². The maximum Gasteiger partial charge on any atom is 0.202 e. The topological polar surface area (TPSA) is 31.2 Å². The Hall–Kier alpha value is -2.17. The molecule has 0 spiro atoms. The number of benzene rings is 1. The van der Waals surface area contributed by atoms with Gasteiger partial charge >= 0.3 is 0 Å². The lowest BCUT2D eigenvalue weighted by molar-refractivity contribution is 0.0917. The van der Waals surface area contributed by atoms with E-state index in [1.165, 1.54) is 12.1 Å². The highest BCUT2D eigenvalue weighted by atomic mass is 19.2. The molecule has 21 heavy (non-hydrogen) atoms. The van der Waals surface area contributed by atoms with Gasteiger partial charge in [-0.1, -0.05) is 6.07 Å². The zero-order valence-electron chi connectivity index (χ0n) is 12.2. The minimum absolute atomic E-state index is 0.257. The third-order valence-corrected chi connectivity index (χ3v) is 3.47. The summed E-state index contributed by atoms with van der Waals surface area (Å²) in [5, 5.41) is 0. The molecule has 0 amide bonds. The van der Waals surface area contributed by atoms with Gasteiger partial charge in [0.1, 0.15) is 0 Å². The molecule has 0 fully saturated rings. The van der Waals surface area contributed by atoms with Crippen molar-refractivity contribution in [3.05, 3.63) is 52.9 Å². The first-order valence-corrected chi connectivity index (χ1v) is 6.72.